The van der Waals surface area contributed by atoms with Gasteiger partial charge < -0.3 is 18.8 Å². The molecule has 170 valence electrons. The highest BCUT2D eigenvalue weighted by Gasteiger charge is 2.26. The molecule has 3 heterocycles. The molecule has 7 nitrogen and oxygen atoms in total. The van der Waals surface area contributed by atoms with Crippen LogP contribution in [0.25, 0.3) is 5.65 Å². The Hall–Kier alpha value is -2.90. The van der Waals surface area contributed by atoms with Crippen LogP contribution in [0.15, 0.2) is 42.6 Å². The van der Waals surface area contributed by atoms with E-state index < -0.39 is 6.10 Å². The second-order valence-electron chi connectivity index (χ2n) is 8.48. The van der Waals surface area contributed by atoms with Crippen LogP contribution in [-0.2, 0) is 22.7 Å². The Morgan fingerprint density at radius 1 is 1.12 bits per heavy atom. The van der Waals surface area contributed by atoms with Crippen molar-refractivity contribution < 1.29 is 14.3 Å². The number of hydrogen-bond acceptors (Lipinski definition) is 5. The molecule has 32 heavy (non-hydrogen) atoms. The van der Waals surface area contributed by atoms with Crippen LogP contribution in [0.1, 0.15) is 29.4 Å². The number of ether oxygens (including phenoxy) is 2. The Kier molecular flexibility index (Phi) is 6.77. The molecule has 0 bridgehead atoms. The van der Waals surface area contributed by atoms with Crippen molar-refractivity contribution in [1.82, 2.24) is 19.2 Å². The first-order valence-electron chi connectivity index (χ1n) is 11.1. The fraction of sp³-hybridized carbons (Fsp3) is 0.440. The van der Waals surface area contributed by atoms with Gasteiger partial charge in [0.2, 0.25) is 0 Å². The maximum absolute atomic E-state index is 12.9. The van der Waals surface area contributed by atoms with Crippen LogP contribution in [0.4, 0.5) is 0 Å². The smallest absolute Gasteiger partial charge is 0.251 e. The molecule has 1 amide bonds. The zero-order valence-electron chi connectivity index (χ0n) is 19.4. The Morgan fingerprint density at radius 3 is 2.66 bits per heavy atom. The van der Waals surface area contributed by atoms with Crippen LogP contribution in [0.2, 0.25) is 0 Å². The van der Waals surface area contributed by atoms with Gasteiger partial charge in [-0.1, -0.05) is 12.1 Å². The molecule has 1 saturated heterocycles. The molecule has 1 fully saturated rings. The monoisotopic (exact) mass is 436 g/mol. The van der Waals surface area contributed by atoms with Gasteiger partial charge in [-0.3, -0.25) is 9.69 Å². The van der Waals surface area contributed by atoms with Crippen molar-refractivity contribution in [3.63, 3.8) is 0 Å². The average molecular weight is 437 g/mol. The van der Waals surface area contributed by atoms with Crippen LogP contribution in [-0.4, -0.2) is 64.5 Å². The molecule has 0 radical (unpaired) electrons. The maximum Gasteiger partial charge on any atom is 0.251 e. The fourth-order valence-corrected chi connectivity index (χ4v) is 4.16. The number of amides is 1. The number of imidazole rings is 1. The number of nitrogens with zero attached hydrogens (tertiary/aromatic N) is 4. The van der Waals surface area contributed by atoms with Gasteiger partial charge in [0, 0.05) is 38.9 Å². The average Bonchev–Trinajstić information content (AvgIpc) is 3.11. The first kappa shape index (κ1) is 22.3. The Bertz CT molecular complexity index is 1090. The molecule has 4 rings (SSSR count). The number of rotatable bonds is 7. The van der Waals surface area contributed by atoms with E-state index in [0.717, 1.165) is 42.3 Å². The summed E-state index contributed by atoms with van der Waals surface area (Å²) in [6.07, 6.45) is 1.62. The molecule has 1 aliphatic rings. The van der Waals surface area contributed by atoms with Crippen molar-refractivity contribution in [3.05, 3.63) is 65.1 Å². The van der Waals surface area contributed by atoms with E-state index in [2.05, 4.69) is 41.5 Å². The minimum Gasteiger partial charge on any atom is -0.497 e. The molecular weight excluding hydrogens is 404 g/mol. The maximum atomic E-state index is 12.9. The first-order chi connectivity index (χ1) is 15.4. The van der Waals surface area contributed by atoms with Gasteiger partial charge in [0.25, 0.3) is 5.91 Å². The molecule has 0 saturated carbocycles. The lowest BCUT2D eigenvalue weighted by atomic mass is 10.2. The highest BCUT2D eigenvalue weighted by Crippen LogP contribution is 2.18. The lowest BCUT2D eigenvalue weighted by molar-refractivity contribution is -0.145. The number of fused-ring (bicyclic) bond motifs is 1. The summed E-state index contributed by atoms with van der Waals surface area (Å²) in [6, 6.07) is 11.9. The third kappa shape index (κ3) is 4.95. The van der Waals surface area contributed by atoms with Gasteiger partial charge in [-0.15, -0.1) is 0 Å². The van der Waals surface area contributed by atoms with Crippen molar-refractivity contribution in [1.29, 1.82) is 0 Å². The summed E-state index contributed by atoms with van der Waals surface area (Å²) in [5.74, 6) is 0.839. The third-order valence-corrected chi connectivity index (χ3v) is 6.12. The largest absolute Gasteiger partial charge is 0.497 e. The number of hydrogen-bond donors (Lipinski definition) is 0. The predicted molar refractivity (Wildman–Crippen MR) is 124 cm³/mol. The summed E-state index contributed by atoms with van der Waals surface area (Å²) >= 11 is 0. The quantitative estimate of drug-likeness (QED) is 0.569. The second kappa shape index (κ2) is 9.71. The van der Waals surface area contributed by atoms with Crippen molar-refractivity contribution in [2.24, 2.45) is 0 Å². The lowest BCUT2D eigenvalue weighted by Crippen LogP contribution is -2.51. The zero-order chi connectivity index (χ0) is 22.7. The first-order valence-corrected chi connectivity index (χ1v) is 11.1. The summed E-state index contributed by atoms with van der Waals surface area (Å²) in [7, 11) is 1.64. The van der Waals surface area contributed by atoms with Gasteiger partial charge in [-0.25, -0.2) is 4.98 Å². The number of carbonyl (C=O) groups is 1. The van der Waals surface area contributed by atoms with Crippen molar-refractivity contribution >= 4 is 11.6 Å². The van der Waals surface area contributed by atoms with E-state index in [-0.39, 0.29) is 5.91 Å². The van der Waals surface area contributed by atoms with E-state index in [1.807, 2.05) is 36.1 Å². The highest BCUT2D eigenvalue weighted by molar-refractivity contribution is 5.80. The summed E-state index contributed by atoms with van der Waals surface area (Å²) in [5, 5.41) is 0. The molecular formula is C25H32N4O3. The van der Waals surface area contributed by atoms with Crippen LogP contribution in [0.5, 0.6) is 5.75 Å². The summed E-state index contributed by atoms with van der Waals surface area (Å²) < 4.78 is 13.3. The van der Waals surface area contributed by atoms with Crippen LogP contribution < -0.4 is 4.74 Å². The van der Waals surface area contributed by atoms with Crippen LogP contribution in [0, 0.1) is 13.8 Å². The number of aromatic nitrogens is 2. The van der Waals surface area contributed by atoms with E-state index >= 15 is 0 Å². The number of methoxy groups -OCH3 is 1. The van der Waals surface area contributed by atoms with E-state index in [4.69, 9.17) is 14.5 Å². The molecule has 3 aromatic rings. The normalized spacial score (nSPS) is 15.8. The third-order valence-electron chi connectivity index (χ3n) is 6.12. The predicted octanol–water partition coefficient (Wildman–Crippen LogP) is 3.21. The van der Waals surface area contributed by atoms with Gasteiger partial charge in [0.1, 0.15) is 17.5 Å². The van der Waals surface area contributed by atoms with E-state index in [9.17, 15) is 4.79 Å². The molecule has 7 heteroatoms. The highest BCUT2D eigenvalue weighted by atomic mass is 16.5. The summed E-state index contributed by atoms with van der Waals surface area (Å²) in [4.78, 5) is 21.9. The summed E-state index contributed by atoms with van der Waals surface area (Å²) in [6.45, 7) is 10.3. The van der Waals surface area contributed by atoms with Crippen LogP contribution >= 0.6 is 0 Å². The second-order valence-corrected chi connectivity index (χ2v) is 8.48. The van der Waals surface area contributed by atoms with Crippen molar-refractivity contribution in [3.8, 4) is 5.75 Å². The van der Waals surface area contributed by atoms with Gasteiger partial charge in [0.05, 0.1) is 25.1 Å². The standard InChI is InChI=1S/C25H32N4O3/c1-18-8-9-29-23(19(2)26-24(29)14-18)16-27-10-12-28(13-11-27)25(30)20(3)32-17-21-6-5-7-22(15-21)31-4/h5-9,14-15,20H,10-13,16-17H2,1-4H3. The zero-order valence-corrected chi connectivity index (χ0v) is 19.4. The Morgan fingerprint density at radius 2 is 1.91 bits per heavy atom. The molecule has 2 aromatic heterocycles. The molecule has 0 spiro atoms. The molecule has 1 aromatic carbocycles. The Labute approximate surface area is 189 Å². The van der Waals surface area contributed by atoms with Gasteiger partial charge in [0.15, 0.2) is 0 Å². The Balaban J connectivity index is 1.29. The molecule has 1 aliphatic heterocycles. The number of benzene rings is 1. The topological polar surface area (TPSA) is 59.3 Å². The molecule has 0 N–H and O–H groups in total. The van der Waals surface area contributed by atoms with Crippen molar-refractivity contribution in [2.75, 3.05) is 33.3 Å². The van der Waals surface area contributed by atoms with Crippen molar-refractivity contribution in [2.45, 2.75) is 40.0 Å². The lowest BCUT2D eigenvalue weighted by Gasteiger charge is -2.35. The number of aryl methyl sites for hydroxylation is 2. The van der Waals surface area contributed by atoms with Gasteiger partial charge >= 0.3 is 0 Å². The number of carbonyl (C=O) groups excluding carboxylic acids is 1. The van der Waals surface area contributed by atoms with E-state index in [1.165, 1.54) is 11.3 Å². The SMILES string of the molecule is COc1cccc(COC(C)C(=O)N2CCN(Cc3c(C)nc4cc(C)ccn34)CC2)c1. The number of piperazine rings is 1. The summed E-state index contributed by atoms with van der Waals surface area (Å²) in [5.41, 5.74) is 5.48. The minimum absolute atomic E-state index is 0.0500. The van der Waals surface area contributed by atoms with E-state index in [0.29, 0.717) is 19.7 Å². The number of pyridine rings is 1. The van der Waals surface area contributed by atoms with Gasteiger partial charge in [-0.2, -0.15) is 0 Å². The minimum atomic E-state index is -0.475. The van der Waals surface area contributed by atoms with E-state index in [1.54, 1.807) is 7.11 Å². The van der Waals surface area contributed by atoms with Gasteiger partial charge in [-0.05, 0) is 56.2 Å². The molecule has 0 aliphatic carbocycles. The molecule has 1 atom stereocenters. The molecule has 1 unspecified atom stereocenters. The van der Waals surface area contributed by atoms with Crippen LogP contribution in [0.3, 0.4) is 0 Å². The fourth-order valence-electron chi connectivity index (χ4n) is 4.16.